The number of carbonyl (C=O) groups is 1. The average molecular weight is 320 g/mol. The minimum absolute atomic E-state index is 0.00857. The number of carbonyl (C=O) groups excluding carboxylic acids is 1. The lowest BCUT2D eigenvalue weighted by atomic mass is 9.98. The largest absolute Gasteiger partial charge is 0.330 e. The number of rotatable bonds is 1. The van der Waals surface area contributed by atoms with Crippen molar-refractivity contribution < 1.29 is 4.79 Å². The average Bonchev–Trinajstić information content (AvgIpc) is 2.90. The molecule has 0 spiro atoms. The zero-order valence-electron chi connectivity index (χ0n) is 14.2. The van der Waals surface area contributed by atoms with Crippen molar-refractivity contribution in [2.45, 2.75) is 26.3 Å². The Bertz CT molecular complexity index is 944. The van der Waals surface area contributed by atoms with Gasteiger partial charge < -0.3 is 4.90 Å². The van der Waals surface area contributed by atoms with Gasteiger partial charge in [-0.05, 0) is 44.5 Å². The van der Waals surface area contributed by atoms with Crippen LogP contribution in [0.5, 0.6) is 0 Å². The molecule has 0 unspecified atom stereocenters. The summed E-state index contributed by atoms with van der Waals surface area (Å²) in [7, 11) is 1.96. The third kappa shape index (κ3) is 2.19. The molecule has 0 aliphatic carbocycles. The highest BCUT2D eigenvalue weighted by Crippen LogP contribution is 2.31. The highest BCUT2D eigenvalue weighted by Gasteiger charge is 2.32. The summed E-state index contributed by atoms with van der Waals surface area (Å²) in [4.78, 5) is 19.3. The van der Waals surface area contributed by atoms with Gasteiger partial charge in [0, 0.05) is 42.0 Å². The molecule has 3 aromatic rings. The molecular formula is C19H20N4O. The zero-order valence-corrected chi connectivity index (χ0v) is 14.2. The first-order valence-electron chi connectivity index (χ1n) is 8.24. The Labute approximate surface area is 140 Å². The van der Waals surface area contributed by atoms with E-state index in [1.165, 1.54) is 11.3 Å². The molecule has 3 heterocycles. The smallest absolute Gasteiger partial charge is 0.254 e. The lowest BCUT2D eigenvalue weighted by Crippen LogP contribution is -2.38. The van der Waals surface area contributed by atoms with Crippen molar-refractivity contribution in [1.29, 1.82) is 0 Å². The summed E-state index contributed by atoms with van der Waals surface area (Å²) in [5.41, 5.74) is 5.12. The van der Waals surface area contributed by atoms with Gasteiger partial charge >= 0.3 is 0 Å². The second-order valence-electron chi connectivity index (χ2n) is 6.41. The van der Waals surface area contributed by atoms with Gasteiger partial charge in [0.2, 0.25) is 0 Å². The van der Waals surface area contributed by atoms with E-state index in [1.807, 2.05) is 47.0 Å². The second-order valence-corrected chi connectivity index (χ2v) is 6.41. The number of aromatic nitrogens is 3. The van der Waals surface area contributed by atoms with Crippen molar-refractivity contribution in [3.8, 4) is 0 Å². The molecule has 2 aromatic heterocycles. The summed E-state index contributed by atoms with van der Waals surface area (Å²) in [6.07, 6.45) is 2.63. The highest BCUT2D eigenvalue weighted by atomic mass is 16.2. The number of aryl methyl sites for hydroxylation is 1. The van der Waals surface area contributed by atoms with Crippen LogP contribution >= 0.6 is 0 Å². The van der Waals surface area contributed by atoms with Crippen molar-refractivity contribution in [1.82, 2.24) is 19.7 Å². The lowest BCUT2D eigenvalue weighted by molar-refractivity contribution is 0.0673. The third-order valence-electron chi connectivity index (χ3n) is 5.07. The van der Waals surface area contributed by atoms with Crippen molar-refractivity contribution in [2.75, 3.05) is 6.54 Å². The van der Waals surface area contributed by atoms with E-state index in [0.29, 0.717) is 5.56 Å². The van der Waals surface area contributed by atoms with Crippen LogP contribution in [0.3, 0.4) is 0 Å². The van der Waals surface area contributed by atoms with E-state index in [2.05, 4.69) is 23.9 Å². The first-order valence-corrected chi connectivity index (χ1v) is 8.24. The molecule has 5 heteroatoms. The molecule has 1 aromatic carbocycles. The number of amides is 1. The highest BCUT2D eigenvalue weighted by molar-refractivity contribution is 5.98. The molecule has 0 N–H and O–H groups in total. The second kappa shape index (κ2) is 5.44. The molecule has 4 rings (SSSR count). The summed E-state index contributed by atoms with van der Waals surface area (Å²) in [6.45, 7) is 4.88. The Balaban J connectivity index is 1.69. The summed E-state index contributed by atoms with van der Waals surface area (Å²) in [5.74, 6) is 0.0576. The lowest BCUT2D eigenvalue weighted by Gasteiger charge is -2.33. The predicted molar refractivity (Wildman–Crippen MR) is 92.8 cm³/mol. The van der Waals surface area contributed by atoms with Crippen molar-refractivity contribution in [2.24, 2.45) is 7.05 Å². The maximum absolute atomic E-state index is 13.0. The molecule has 0 saturated heterocycles. The van der Waals surface area contributed by atoms with E-state index >= 15 is 0 Å². The van der Waals surface area contributed by atoms with E-state index < -0.39 is 0 Å². The molecule has 0 bridgehead atoms. The number of pyridine rings is 1. The number of benzene rings is 1. The van der Waals surface area contributed by atoms with Gasteiger partial charge in [-0.15, -0.1) is 0 Å². The molecule has 0 saturated carbocycles. The summed E-state index contributed by atoms with van der Waals surface area (Å²) < 4.78 is 1.91. The van der Waals surface area contributed by atoms with Crippen LogP contribution in [0, 0.1) is 6.92 Å². The minimum atomic E-state index is -0.00857. The fourth-order valence-corrected chi connectivity index (χ4v) is 3.55. The number of fused-ring (bicyclic) bond motifs is 2. The van der Waals surface area contributed by atoms with Gasteiger partial charge in [0.25, 0.3) is 5.91 Å². The first-order chi connectivity index (χ1) is 11.6. The number of hydrogen-bond donors (Lipinski definition) is 0. The van der Waals surface area contributed by atoms with E-state index in [4.69, 9.17) is 0 Å². The molecule has 0 radical (unpaired) electrons. The molecule has 5 nitrogen and oxygen atoms in total. The molecular weight excluding hydrogens is 300 g/mol. The maximum Gasteiger partial charge on any atom is 0.254 e. The van der Waals surface area contributed by atoms with Crippen LogP contribution in [0.1, 0.15) is 40.3 Å². The maximum atomic E-state index is 13.0. The normalized spacial score (nSPS) is 17.1. The van der Waals surface area contributed by atoms with Gasteiger partial charge in [0.1, 0.15) is 0 Å². The van der Waals surface area contributed by atoms with Gasteiger partial charge in [-0.2, -0.15) is 5.10 Å². The van der Waals surface area contributed by atoms with Crippen LogP contribution in [0.2, 0.25) is 0 Å². The van der Waals surface area contributed by atoms with Crippen LogP contribution < -0.4 is 0 Å². The first kappa shape index (κ1) is 14.9. The fraction of sp³-hybridized carbons (Fsp3) is 0.316. The van der Waals surface area contributed by atoms with Gasteiger partial charge in [-0.3, -0.25) is 14.5 Å². The quantitative estimate of drug-likeness (QED) is 0.692. The van der Waals surface area contributed by atoms with E-state index in [-0.39, 0.29) is 11.9 Å². The van der Waals surface area contributed by atoms with Crippen LogP contribution in [-0.4, -0.2) is 32.1 Å². The van der Waals surface area contributed by atoms with Gasteiger partial charge in [0.05, 0.1) is 17.3 Å². The molecule has 0 fully saturated rings. The van der Waals surface area contributed by atoms with E-state index in [0.717, 1.165) is 29.6 Å². The number of hydrogen-bond acceptors (Lipinski definition) is 3. The van der Waals surface area contributed by atoms with Crippen LogP contribution in [-0.2, 0) is 13.5 Å². The fourth-order valence-electron chi connectivity index (χ4n) is 3.55. The summed E-state index contributed by atoms with van der Waals surface area (Å²) in [6, 6.07) is 9.57. The summed E-state index contributed by atoms with van der Waals surface area (Å²) >= 11 is 0. The molecule has 24 heavy (non-hydrogen) atoms. The Morgan fingerprint density at radius 2 is 2.12 bits per heavy atom. The Kier molecular flexibility index (Phi) is 3.37. The Morgan fingerprint density at radius 1 is 1.29 bits per heavy atom. The van der Waals surface area contributed by atoms with Crippen molar-refractivity contribution in [3.05, 3.63) is 59.0 Å². The van der Waals surface area contributed by atoms with E-state index in [9.17, 15) is 4.79 Å². The molecule has 1 aliphatic heterocycles. The Hall–Kier alpha value is -2.69. The van der Waals surface area contributed by atoms with Gasteiger partial charge in [-0.1, -0.05) is 6.07 Å². The molecule has 1 aliphatic rings. The monoisotopic (exact) mass is 320 g/mol. The number of nitrogens with zero attached hydrogens (tertiary/aromatic N) is 4. The van der Waals surface area contributed by atoms with Crippen LogP contribution in [0.4, 0.5) is 0 Å². The molecule has 122 valence electrons. The van der Waals surface area contributed by atoms with E-state index in [1.54, 1.807) is 6.20 Å². The van der Waals surface area contributed by atoms with Crippen LogP contribution in [0.25, 0.3) is 10.9 Å². The standard InChI is InChI=1S/C19H20N4O/c1-12-16-8-10-23(13(2)18(16)21-22(12)3)19(24)15-6-7-17-14(11-15)5-4-9-20-17/h4-7,9,11,13H,8,10H2,1-3H3/t13-/m0/s1. The van der Waals surface area contributed by atoms with Crippen molar-refractivity contribution in [3.63, 3.8) is 0 Å². The Morgan fingerprint density at radius 3 is 2.96 bits per heavy atom. The molecule has 1 atom stereocenters. The minimum Gasteiger partial charge on any atom is -0.330 e. The topological polar surface area (TPSA) is 51.0 Å². The van der Waals surface area contributed by atoms with Crippen molar-refractivity contribution >= 4 is 16.8 Å². The SMILES string of the molecule is Cc1c2c(nn1C)[C@H](C)N(C(=O)c1ccc3ncccc3c1)CC2. The summed E-state index contributed by atoms with van der Waals surface area (Å²) in [5, 5.41) is 5.61. The zero-order chi connectivity index (χ0) is 16.8. The van der Waals surface area contributed by atoms with Crippen LogP contribution in [0.15, 0.2) is 36.5 Å². The molecule has 1 amide bonds. The van der Waals surface area contributed by atoms with Gasteiger partial charge in [0.15, 0.2) is 0 Å². The predicted octanol–water partition coefficient (Wildman–Crippen LogP) is 3.04. The third-order valence-corrected chi connectivity index (χ3v) is 5.07. The van der Waals surface area contributed by atoms with Gasteiger partial charge in [-0.25, -0.2) is 0 Å².